The maximum Gasteiger partial charge on any atom is 0.138 e. The summed E-state index contributed by atoms with van der Waals surface area (Å²) in [7, 11) is 1.65. The van der Waals surface area contributed by atoms with E-state index >= 15 is 0 Å². The highest BCUT2D eigenvalue weighted by atomic mass is 79.9. The lowest BCUT2D eigenvalue weighted by atomic mass is 10.2. The van der Waals surface area contributed by atoms with Crippen molar-refractivity contribution in [3.63, 3.8) is 0 Å². The third kappa shape index (κ3) is 4.01. The van der Waals surface area contributed by atoms with Crippen LogP contribution in [-0.4, -0.2) is 19.8 Å². The highest BCUT2D eigenvalue weighted by Gasteiger charge is 2.07. The highest BCUT2D eigenvalue weighted by molar-refractivity contribution is 9.08. The molecule has 0 aliphatic rings. The molecule has 0 fully saturated rings. The zero-order chi connectivity index (χ0) is 11.3. The summed E-state index contributed by atoms with van der Waals surface area (Å²) in [6, 6.07) is 5.76. The molecular weight excluding hydrogens is 279 g/mol. The summed E-state index contributed by atoms with van der Waals surface area (Å²) in [6.45, 7) is 2.49. The van der Waals surface area contributed by atoms with Gasteiger partial charge in [0.15, 0.2) is 0 Å². The maximum absolute atomic E-state index is 6.07. The third-order valence-corrected chi connectivity index (χ3v) is 2.82. The first-order valence-electron chi connectivity index (χ1n) is 4.67. The minimum Gasteiger partial charge on any atom is -0.487 e. The van der Waals surface area contributed by atoms with E-state index in [1.165, 1.54) is 0 Å². The molecule has 1 rings (SSSR count). The topological polar surface area (TPSA) is 18.5 Å². The van der Waals surface area contributed by atoms with Crippen LogP contribution in [0.5, 0.6) is 5.75 Å². The Labute approximate surface area is 104 Å². The van der Waals surface area contributed by atoms with Gasteiger partial charge in [0, 0.05) is 12.4 Å². The number of hydrogen-bond donors (Lipinski definition) is 0. The molecule has 0 aromatic heterocycles. The first-order chi connectivity index (χ1) is 7.17. The van der Waals surface area contributed by atoms with E-state index in [1.54, 1.807) is 7.11 Å². The largest absolute Gasteiger partial charge is 0.487 e. The monoisotopic (exact) mass is 292 g/mol. The van der Waals surface area contributed by atoms with Crippen LogP contribution in [0, 0.1) is 0 Å². The average molecular weight is 294 g/mol. The number of halogens is 2. The zero-order valence-corrected chi connectivity index (χ0v) is 11.1. The molecule has 2 nitrogen and oxygen atoms in total. The van der Waals surface area contributed by atoms with E-state index in [9.17, 15) is 0 Å². The molecule has 0 saturated heterocycles. The van der Waals surface area contributed by atoms with Crippen molar-refractivity contribution in [2.24, 2.45) is 0 Å². The smallest absolute Gasteiger partial charge is 0.138 e. The number of ether oxygens (including phenoxy) is 2. The van der Waals surface area contributed by atoms with Crippen LogP contribution in [-0.2, 0) is 10.1 Å². The van der Waals surface area contributed by atoms with Gasteiger partial charge in [0.25, 0.3) is 0 Å². The Balaban J connectivity index is 2.69. The zero-order valence-electron chi connectivity index (χ0n) is 8.80. The second kappa shape index (κ2) is 6.36. The fourth-order valence-electron chi connectivity index (χ4n) is 1.21. The summed E-state index contributed by atoms with van der Waals surface area (Å²) in [4.78, 5) is 0. The number of alkyl halides is 1. The van der Waals surface area contributed by atoms with Crippen LogP contribution >= 0.6 is 27.5 Å². The van der Waals surface area contributed by atoms with Crippen LogP contribution in [0.1, 0.15) is 12.5 Å². The number of benzene rings is 1. The van der Waals surface area contributed by atoms with Crippen molar-refractivity contribution in [3.05, 3.63) is 28.8 Å². The van der Waals surface area contributed by atoms with Gasteiger partial charge in [0.05, 0.1) is 11.6 Å². The molecule has 1 atom stereocenters. The van der Waals surface area contributed by atoms with Crippen LogP contribution in [0.3, 0.4) is 0 Å². The molecule has 1 unspecified atom stereocenters. The van der Waals surface area contributed by atoms with Gasteiger partial charge in [0.2, 0.25) is 0 Å². The normalized spacial score (nSPS) is 12.5. The van der Waals surface area contributed by atoms with Gasteiger partial charge in [-0.2, -0.15) is 0 Å². The van der Waals surface area contributed by atoms with Crippen LogP contribution in [0.4, 0.5) is 0 Å². The van der Waals surface area contributed by atoms with Gasteiger partial charge in [0.1, 0.15) is 11.9 Å². The Morgan fingerprint density at radius 3 is 2.73 bits per heavy atom. The van der Waals surface area contributed by atoms with Crippen molar-refractivity contribution in [1.82, 2.24) is 0 Å². The van der Waals surface area contributed by atoms with Crippen molar-refractivity contribution >= 4 is 27.5 Å². The molecule has 0 bridgehead atoms. The molecule has 0 heterocycles. The second-order valence-corrected chi connectivity index (χ2v) is 4.25. The molecule has 0 radical (unpaired) electrons. The molecule has 0 saturated carbocycles. The molecule has 84 valence electrons. The van der Waals surface area contributed by atoms with E-state index in [-0.39, 0.29) is 6.10 Å². The Bertz CT molecular complexity index is 317. The molecule has 0 aliphatic carbocycles. The molecule has 15 heavy (non-hydrogen) atoms. The molecule has 0 N–H and O–H groups in total. The first-order valence-corrected chi connectivity index (χ1v) is 6.17. The molecular formula is C11H14BrClO2. The lowest BCUT2D eigenvalue weighted by Crippen LogP contribution is -2.18. The Morgan fingerprint density at radius 2 is 2.20 bits per heavy atom. The summed E-state index contributed by atoms with van der Waals surface area (Å²) in [5, 5.41) is 1.43. The molecule has 0 aliphatic heterocycles. The maximum atomic E-state index is 6.07. The predicted molar refractivity (Wildman–Crippen MR) is 66.0 cm³/mol. The summed E-state index contributed by atoms with van der Waals surface area (Å²) in [5.74, 6) is 0.700. The van der Waals surface area contributed by atoms with Gasteiger partial charge >= 0.3 is 0 Å². The van der Waals surface area contributed by atoms with Crippen molar-refractivity contribution in [1.29, 1.82) is 0 Å². The van der Waals surface area contributed by atoms with Crippen LogP contribution in [0.15, 0.2) is 18.2 Å². The van der Waals surface area contributed by atoms with Crippen molar-refractivity contribution < 1.29 is 9.47 Å². The quantitative estimate of drug-likeness (QED) is 0.772. The van der Waals surface area contributed by atoms with Crippen molar-refractivity contribution in [2.45, 2.75) is 18.4 Å². The molecule has 0 amide bonds. The number of hydrogen-bond acceptors (Lipinski definition) is 2. The molecule has 0 spiro atoms. The van der Waals surface area contributed by atoms with E-state index in [2.05, 4.69) is 15.9 Å². The summed E-state index contributed by atoms with van der Waals surface area (Å²) in [5.41, 5.74) is 1.13. The van der Waals surface area contributed by atoms with Gasteiger partial charge in [-0.05, 0) is 24.6 Å². The Morgan fingerprint density at radius 1 is 1.47 bits per heavy atom. The van der Waals surface area contributed by atoms with E-state index < -0.39 is 0 Å². The SMILES string of the molecule is COCC(C)Oc1ccc(CBr)cc1Cl. The fourth-order valence-corrected chi connectivity index (χ4v) is 1.80. The van der Waals surface area contributed by atoms with E-state index in [0.717, 1.165) is 10.9 Å². The average Bonchev–Trinajstić information content (AvgIpc) is 2.21. The van der Waals surface area contributed by atoms with E-state index in [4.69, 9.17) is 21.1 Å². The fraction of sp³-hybridized carbons (Fsp3) is 0.455. The lowest BCUT2D eigenvalue weighted by molar-refractivity contribution is 0.0921. The van der Waals surface area contributed by atoms with Crippen molar-refractivity contribution in [2.75, 3.05) is 13.7 Å². The van der Waals surface area contributed by atoms with E-state index in [1.807, 2.05) is 25.1 Å². The minimum atomic E-state index is 0.00215. The molecule has 1 aromatic rings. The van der Waals surface area contributed by atoms with Crippen LogP contribution in [0.25, 0.3) is 0 Å². The summed E-state index contributed by atoms with van der Waals surface area (Å²) >= 11 is 9.44. The number of rotatable bonds is 5. The van der Waals surface area contributed by atoms with Gasteiger partial charge in [-0.3, -0.25) is 0 Å². The van der Waals surface area contributed by atoms with Gasteiger partial charge in [-0.15, -0.1) is 0 Å². The Kier molecular flexibility index (Phi) is 5.43. The first kappa shape index (κ1) is 12.8. The van der Waals surface area contributed by atoms with Gasteiger partial charge < -0.3 is 9.47 Å². The minimum absolute atomic E-state index is 0.00215. The van der Waals surface area contributed by atoms with E-state index in [0.29, 0.717) is 17.4 Å². The second-order valence-electron chi connectivity index (χ2n) is 3.28. The van der Waals surface area contributed by atoms with Crippen molar-refractivity contribution in [3.8, 4) is 5.75 Å². The third-order valence-electron chi connectivity index (χ3n) is 1.88. The highest BCUT2D eigenvalue weighted by Crippen LogP contribution is 2.27. The predicted octanol–water partition coefficient (Wildman–Crippen LogP) is 3.65. The van der Waals surface area contributed by atoms with Gasteiger partial charge in [-0.1, -0.05) is 33.6 Å². The standard InChI is InChI=1S/C11H14BrClO2/c1-8(7-14-2)15-11-4-3-9(6-12)5-10(11)13/h3-5,8H,6-7H2,1-2H3. The van der Waals surface area contributed by atoms with Crippen LogP contribution in [0.2, 0.25) is 5.02 Å². The summed E-state index contributed by atoms with van der Waals surface area (Å²) < 4.78 is 10.6. The van der Waals surface area contributed by atoms with Crippen LogP contribution < -0.4 is 4.74 Å². The van der Waals surface area contributed by atoms with Gasteiger partial charge in [-0.25, -0.2) is 0 Å². The molecule has 1 aromatic carbocycles. The molecule has 4 heteroatoms. The lowest BCUT2D eigenvalue weighted by Gasteiger charge is -2.15. The Hall–Kier alpha value is -0.250. The number of methoxy groups -OCH3 is 1. The summed E-state index contributed by atoms with van der Waals surface area (Å²) in [6.07, 6.45) is 0.00215.